The number of nitrogens with zero attached hydrogens (tertiary/aromatic N) is 1. The van der Waals surface area contributed by atoms with Crippen LogP contribution >= 0.6 is 11.6 Å². The second-order valence-corrected chi connectivity index (χ2v) is 11.1. The van der Waals surface area contributed by atoms with Gasteiger partial charge in [0.2, 0.25) is 5.78 Å². The third kappa shape index (κ3) is 5.41. The molecule has 0 spiro atoms. The van der Waals surface area contributed by atoms with E-state index in [1.807, 2.05) is 16.7 Å². The van der Waals surface area contributed by atoms with Crippen LogP contribution in [-0.4, -0.2) is 44.8 Å². The summed E-state index contributed by atoms with van der Waals surface area (Å²) in [6, 6.07) is 14.7. The Morgan fingerprint density at radius 2 is 1.87 bits per heavy atom. The predicted molar refractivity (Wildman–Crippen MR) is 148 cm³/mol. The van der Waals surface area contributed by atoms with Crippen LogP contribution in [0, 0.1) is 0 Å². The monoisotopic (exact) mass is 534 g/mol. The minimum atomic E-state index is -1.22. The van der Waals surface area contributed by atoms with E-state index in [1.165, 1.54) is 5.56 Å². The number of carbonyl (C=O) groups excluding carboxylic acids is 2. The van der Waals surface area contributed by atoms with Gasteiger partial charge >= 0.3 is 0 Å². The van der Waals surface area contributed by atoms with Gasteiger partial charge in [0, 0.05) is 34.2 Å². The Morgan fingerprint density at radius 3 is 2.55 bits per heavy atom. The lowest BCUT2D eigenvalue weighted by Gasteiger charge is -2.24. The number of aliphatic hydroxyl groups excluding tert-OH is 1. The van der Waals surface area contributed by atoms with Crippen molar-refractivity contribution in [2.24, 2.45) is 5.73 Å². The quantitative estimate of drug-likeness (QED) is 0.242. The first-order valence-corrected chi connectivity index (χ1v) is 13.1. The summed E-state index contributed by atoms with van der Waals surface area (Å²) < 4.78 is 7.82. The number of hydrogen-bond acceptors (Lipinski definition) is 5. The lowest BCUT2D eigenvalue weighted by molar-refractivity contribution is -0.0527. The van der Waals surface area contributed by atoms with Crippen LogP contribution in [0.5, 0.6) is 5.75 Å². The van der Waals surface area contributed by atoms with Gasteiger partial charge in [0.25, 0.3) is 5.91 Å². The Kier molecular flexibility index (Phi) is 6.94. The molecule has 4 N–H and O–H groups in total. The normalized spacial score (nSPS) is 14.7. The average Bonchev–Trinajstić information content (AvgIpc) is 3.66. The molecule has 1 heterocycles. The van der Waals surface area contributed by atoms with Crippen LogP contribution in [0.4, 0.5) is 0 Å². The first-order chi connectivity index (χ1) is 18.0. The molecule has 0 aliphatic heterocycles. The lowest BCUT2D eigenvalue weighted by atomic mass is 9.99. The van der Waals surface area contributed by atoms with Gasteiger partial charge in [0.1, 0.15) is 5.75 Å². The number of ketones is 1. The number of aliphatic hydroxyl groups is 2. The van der Waals surface area contributed by atoms with Gasteiger partial charge in [0.05, 0.1) is 17.3 Å². The van der Waals surface area contributed by atoms with Crippen LogP contribution in [0.3, 0.4) is 0 Å². The minimum absolute atomic E-state index is 0.171. The summed E-state index contributed by atoms with van der Waals surface area (Å²) in [6.45, 7) is 3.30. The molecule has 0 bridgehead atoms. The molecule has 38 heavy (non-hydrogen) atoms. The molecule has 8 heteroatoms. The molecule has 1 aliphatic carbocycles. The summed E-state index contributed by atoms with van der Waals surface area (Å²) in [5, 5.41) is 23.4. The van der Waals surface area contributed by atoms with Crippen molar-refractivity contribution in [3.05, 3.63) is 76.4 Å². The van der Waals surface area contributed by atoms with Crippen molar-refractivity contribution in [2.75, 3.05) is 6.61 Å². The Morgan fingerprint density at radius 1 is 1.11 bits per heavy atom. The van der Waals surface area contributed by atoms with Crippen LogP contribution in [-0.2, 0) is 6.54 Å². The van der Waals surface area contributed by atoms with Crippen molar-refractivity contribution >= 4 is 45.0 Å². The zero-order valence-corrected chi connectivity index (χ0v) is 22.2. The van der Waals surface area contributed by atoms with Crippen LogP contribution in [0.1, 0.15) is 65.3 Å². The number of nitrogens with two attached hydrogens (primary N) is 1. The number of carbonyl (C=O) groups is 2. The number of benzene rings is 3. The van der Waals surface area contributed by atoms with Crippen molar-refractivity contribution in [3.63, 3.8) is 0 Å². The molecular weight excluding hydrogens is 504 g/mol. The van der Waals surface area contributed by atoms with Gasteiger partial charge in [-0.3, -0.25) is 9.59 Å². The van der Waals surface area contributed by atoms with Gasteiger partial charge in [-0.15, -0.1) is 0 Å². The van der Waals surface area contributed by atoms with Gasteiger partial charge in [-0.1, -0.05) is 29.8 Å². The molecule has 1 aromatic heterocycles. The molecule has 0 unspecified atom stereocenters. The van der Waals surface area contributed by atoms with Gasteiger partial charge in [-0.05, 0) is 85.7 Å². The Hall–Kier alpha value is -3.39. The van der Waals surface area contributed by atoms with E-state index < -0.39 is 17.6 Å². The topological polar surface area (TPSA) is 115 Å². The van der Waals surface area contributed by atoms with E-state index in [2.05, 4.69) is 12.1 Å². The summed E-state index contributed by atoms with van der Waals surface area (Å²) in [4.78, 5) is 25.5. The van der Waals surface area contributed by atoms with Gasteiger partial charge < -0.3 is 25.3 Å². The van der Waals surface area contributed by atoms with Crippen LogP contribution in [0.25, 0.3) is 21.7 Å². The molecular formula is C30H31ClN2O5. The number of hydrogen-bond donors (Lipinski definition) is 3. The molecule has 3 aromatic carbocycles. The Bertz CT molecular complexity index is 1550. The van der Waals surface area contributed by atoms with Gasteiger partial charge in [0.15, 0.2) is 6.61 Å². The lowest BCUT2D eigenvalue weighted by Crippen LogP contribution is -2.36. The molecule has 1 amide bonds. The molecule has 7 nitrogen and oxygen atoms in total. The van der Waals surface area contributed by atoms with Crippen molar-refractivity contribution < 1.29 is 24.5 Å². The minimum Gasteiger partial charge on any atom is -0.485 e. The highest BCUT2D eigenvalue weighted by Crippen LogP contribution is 2.41. The zero-order valence-electron chi connectivity index (χ0n) is 21.4. The second-order valence-electron chi connectivity index (χ2n) is 10.7. The summed E-state index contributed by atoms with van der Waals surface area (Å²) in [5.74, 6) is -0.137. The number of aryl methyl sites for hydroxylation is 1. The number of aromatic nitrogens is 1. The van der Waals surface area contributed by atoms with E-state index in [1.54, 1.807) is 44.3 Å². The zero-order chi connectivity index (χ0) is 27.2. The molecule has 4 aromatic rings. The maximum absolute atomic E-state index is 13.4. The molecule has 198 valence electrons. The maximum Gasteiger partial charge on any atom is 0.252 e. The average molecular weight is 535 g/mol. The second kappa shape index (κ2) is 10.1. The van der Waals surface area contributed by atoms with E-state index in [4.69, 9.17) is 22.1 Å². The highest BCUT2D eigenvalue weighted by atomic mass is 35.5. The van der Waals surface area contributed by atoms with Crippen LogP contribution < -0.4 is 10.5 Å². The standard InChI is InChI=1S/C30H31ClN2O5/c1-30(2,37)28(35)9-10-33-15-24(22-8-6-18(13-25(22)33)17-3-4-17)26(34)16-38-27-14-19-5-7-21(31)11-20(19)12-23(27)29(32)36/h5-8,11-15,17,28,35,37H,3-4,9-10,16H2,1-2H3,(H2,32,36)/t28-/m0/s1. The number of Topliss-reactive ketones (excluding diaryl/α,β-unsaturated/α-hetero) is 1. The van der Waals surface area contributed by atoms with E-state index in [0.29, 0.717) is 29.5 Å². The van der Waals surface area contributed by atoms with Crippen molar-refractivity contribution in [3.8, 4) is 5.75 Å². The number of fused-ring (bicyclic) bond motifs is 2. The smallest absolute Gasteiger partial charge is 0.252 e. The maximum atomic E-state index is 13.4. The molecule has 1 saturated carbocycles. The fourth-order valence-corrected chi connectivity index (χ4v) is 4.96. The van der Waals surface area contributed by atoms with Crippen molar-refractivity contribution in [1.29, 1.82) is 0 Å². The number of amides is 1. The third-order valence-corrected chi connectivity index (χ3v) is 7.47. The third-order valence-electron chi connectivity index (χ3n) is 7.24. The number of primary amides is 1. The van der Waals surface area contributed by atoms with Crippen molar-refractivity contribution in [1.82, 2.24) is 4.57 Å². The first kappa shape index (κ1) is 26.2. The first-order valence-electron chi connectivity index (χ1n) is 12.7. The number of ether oxygens (including phenoxy) is 1. The Labute approximate surface area is 225 Å². The predicted octanol–water partition coefficient (Wildman–Crippen LogP) is 5.21. The molecule has 0 saturated heterocycles. The van der Waals surface area contributed by atoms with E-state index in [-0.39, 0.29) is 23.7 Å². The summed E-state index contributed by atoms with van der Waals surface area (Å²) in [5.41, 5.74) is 7.17. The SMILES string of the molecule is CC(C)(O)[C@@H](O)CCn1cc(C(=O)COc2cc3ccc(Cl)cc3cc2C(N)=O)c2ccc(C3CC3)cc21. The van der Waals surface area contributed by atoms with E-state index in [9.17, 15) is 19.8 Å². The molecule has 5 rings (SSSR count). The summed E-state index contributed by atoms with van der Waals surface area (Å²) in [6.07, 6.45) is 3.51. The van der Waals surface area contributed by atoms with Gasteiger partial charge in [-0.25, -0.2) is 0 Å². The fourth-order valence-electron chi connectivity index (χ4n) is 4.78. The Balaban J connectivity index is 1.43. The highest BCUT2D eigenvalue weighted by Gasteiger charge is 2.27. The molecule has 1 aliphatic rings. The number of halogens is 1. The molecule has 1 atom stereocenters. The van der Waals surface area contributed by atoms with Crippen LogP contribution in [0.15, 0.2) is 54.7 Å². The summed E-state index contributed by atoms with van der Waals surface area (Å²) >= 11 is 6.08. The largest absolute Gasteiger partial charge is 0.485 e. The highest BCUT2D eigenvalue weighted by molar-refractivity contribution is 6.31. The summed E-state index contributed by atoms with van der Waals surface area (Å²) in [7, 11) is 0. The van der Waals surface area contributed by atoms with E-state index >= 15 is 0 Å². The van der Waals surface area contributed by atoms with Crippen LogP contribution in [0.2, 0.25) is 5.02 Å². The van der Waals surface area contributed by atoms with Gasteiger partial charge in [-0.2, -0.15) is 0 Å². The van der Waals surface area contributed by atoms with E-state index in [0.717, 1.165) is 34.5 Å². The fraction of sp³-hybridized carbons (Fsp3) is 0.333. The molecule has 1 fully saturated rings. The molecule has 0 radical (unpaired) electrons. The number of rotatable bonds is 10. The van der Waals surface area contributed by atoms with Crippen molar-refractivity contribution in [2.45, 2.75) is 57.3 Å².